The molecule has 0 aliphatic carbocycles. The molecule has 0 amide bonds. The Bertz CT molecular complexity index is 245. The van der Waals surface area contributed by atoms with Crippen LogP contribution in [0.3, 0.4) is 0 Å². The monoisotopic (exact) mass is 150 g/mol. The van der Waals surface area contributed by atoms with Crippen molar-refractivity contribution >= 4 is 12.8 Å². The van der Waals surface area contributed by atoms with Gasteiger partial charge in [0.1, 0.15) is 0 Å². The molecule has 56 valence electrons. The molecule has 2 N–H and O–H groups in total. The third-order valence-electron chi connectivity index (χ3n) is 1.29. The summed E-state index contributed by atoms with van der Waals surface area (Å²) in [6, 6.07) is 8.13. The molecule has 0 spiro atoms. The van der Waals surface area contributed by atoms with E-state index in [0.717, 1.165) is 0 Å². The molecule has 0 unspecified atom stereocenters. The summed E-state index contributed by atoms with van der Waals surface area (Å²) in [5.74, 6) is 0. The molecule has 3 nitrogen and oxygen atoms in total. The third kappa shape index (κ3) is 1.90. The van der Waals surface area contributed by atoms with Crippen molar-refractivity contribution in [2.75, 3.05) is 0 Å². The Labute approximate surface area is 64.4 Å². The summed E-state index contributed by atoms with van der Waals surface area (Å²) in [6.07, 6.45) is 0. The minimum atomic E-state index is -1.91. The number of hydrogen-bond donors (Lipinski definition) is 2. The highest BCUT2D eigenvalue weighted by Crippen LogP contribution is 1.99. The topological polar surface area (TPSA) is 57.5 Å². The van der Waals surface area contributed by atoms with Gasteiger partial charge in [-0.2, -0.15) is 0 Å². The molecule has 11 heavy (non-hydrogen) atoms. The smallest absolute Gasteiger partial charge is 0.421 e. The summed E-state index contributed by atoms with van der Waals surface area (Å²) in [5.41, 5.74) is -0.367. The van der Waals surface area contributed by atoms with Gasteiger partial charge in [0.25, 0.3) is 0 Å². The van der Waals surface area contributed by atoms with Gasteiger partial charge in [-0.1, -0.05) is 30.3 Å². The summed E-state index contributed by atoms with van der Waals surface area (Å²) in [4.78, 5) is 10.8. The summed E-state index contributed by atoms with van der Waals surface area (Å²) >= 11 is 0. The molecule has 0 saturated carbocycles. The molecular formula is C7H7BO3. The maximum atomic E-state index is 10.8. The molecule has 1 aromatic carbocycles. The van der Waals surface area contributed by atoms with E-state index >= 15 is 0 Å². The first-order chi connectivity index (χ1) is 5.22. The van der Waals surface area contributed by atoms with Crippen LogP contribution >= 0.6 is 0 Å². The zero-order chi connectivity index (χ0) is 8.27. The molecule has 0 aliphatic rings. The van der Waals surface area contributed by atoms with Crippen molar-refractivity contribution in [3.8, 4) is 0 Å². The largest absolute Gasteiger partial charge is 0.532 e. The van der Waals surface area contributed by atoms with Crippen molar-refractivity contribution in [1.82, 2.24) is 0 Å². The van der Waals surface area contributed by atoms with Gasteiger partial charge in [0, 0.05) is 5.56 Å². The van der Waals surface area contributed by atoms with Crippen LogP contribution in [0.15, 0.2) is 30.3 Å². The first-order valence-corrected chi connectivity index (χ1v) is 3.17. The Hall–Kier alpha value is -1.13. The number of hydrogen-bond acceptors (Lipinski definition) is 3. The Morgan fingerprint density at radius 1 is 1.18 bits per heavy atom. The van der Waals surface area contributed by atoms with Crippen LogP contribution in [0.2, 0.25) is 0 Å². The molecule has 0 bridgehead atoms. The third-order valence-corrected chi connectivity index (χ3v) is 1.29. The molecule has 0 heterocycles. The minimum absolute atomic E-state index is 0.308. The van der Waals surface area contributed by atoms with Crippen LogP contribution < -0.4 is 0 Å². The number of rotatable bonds is 2. The van der Waals surface area contributed by atoms with E-state index in [9.17, 15) is 4.79 Å². The molecule has 0 radical (unpaired) electrons. The standard InChI is InChI=1S/C7H7BO3/c9-7(8(10)11)6-4-2-1-3-5-6/h1-5,10-11H. The first kappa shape index (κ1) is 7.98. The predicted molar refractivity (Wildman–Crippen MR) is 41.0 cm³/mol. The Kier molecular flexibility index (Phi) is 2.41. The van der Waals surface area contributed by atoms with E-state index in [1.807, 2.05) is 0 Å². The van der Waals surface area contributed by atoms with Gasteiger partial charge in [-0.15, -0.1) is 0 Å². The molecule has 1 rings (SSSR count). The lowest BCUT2D eigenvalue weighted by Gasteiger charge is -1.96. The lowest BCUT2D eigenvalue weighted by atomic mass is 9.80. The minimum Gasteiger partial charge on any atom is -0.421 e. The van der Waals surface area contributed by atoms with Crippen LogP contribution in [0.4, 0.5) is 0 Å². The van der Waals surface area contributed by atoms with Gasteiger partial charge < -0.3 is 10.0 Å². The molecule has 0 fully saturated rings. The fourth-order valence-corrected chi connectivity index (χ4v) is 0.751. The molecule has 0 aliphatic heterocycles. The Morgan fingerprint density at radius 3 is 2.18 bits per heavy atom. The molecule has 0 aromatic heterocycles. The Balaban J connectivity index is 2.86. The second-order valence-electron chi connectivity index (χ2n) is 2.10. The summed E-state index contributed by atoms with van der Waals surface area (Å²) in [5, 5.41) is 17.0. The van der Waals surface area contributed by atoms with E-state index in [0.29, 0.717) is 5.56 Å². The molecule has 1 aromatic rings. The quantitative estimate of drug-likeness (QED) is 0.577. The highest BCUT2D eigenvalue weighted by atomic mass is 16.4. The van der Waals surface area contributed by atoms with Crippen LogP contribution in [0, 0.1) is 0 Å². The van der Waals surface area contributed by atoms with Gasteiger partial charge in [-0.25, -0.2) is 0 Å². The fourth-order valence-electron chi connectivity index (χ4n) is 0.751. The van der Waals surface area contributed by atoms with Gasteiger partial charge in [0.05, 0.1) is 0 Å². The van der Waals surface area contributed by atoms with Gasteiger partial charge in [0.2, 0.25) is 0 Å². The maximum absolute atomic E-state index is 10.8. The van der Waals surface area contributed by atoms with Crippen molar-refractivity contribution < 1.29 is 14.8 Å². The van der Waals surface area contributed by atoms with E-state index in [2.05, 4.69) is 0 Å². The molecule has 0 saturated heterocycles. The molecule has 0 atom stereocenters. The molecule has 4 heteroatoms. The number of carbonyl (C=O) groups is 1. The van der Waals surface area contributed by atoms with Gasteiger partial charge in [-0.05, 0) is 0 Å². The average molecular weight is 150 g/mol. The Morgan fingerprint density at radius 2 is 1.73 bits per heavy atom. The van der Waals surface area contributed by atoms with E-state index in [-0.39, 0.29) is 0 Å². The lowest BCUT2D eigenvalue weighted by molar-refractivity contribution is 0.103. The van der Waals surface area contributed by atoms with Crippen molar-refractivity contribution in [2.45, 2.75) is 0 Å². The first-order valence-electron chi connectivity index (χ1n) is 3.17. The summed E-state index contributed by atoms with van der Waals surface area (Å²) in [6.45, 7) is 0. The van der Waals surface area contributed by atoms with Crippen molar-refractivity contribution in [2.24, 2.45) is 0 Å². The van der Waals surface area contributed by atoms with E-state index in [4.69, 9.17) is 10.0 Å². The van der Waals surface area contributed by atoms with Gasteiger partial charge in [-0.3, -0.25) is 4.79 Å². The van der Waals surface area contributed by atoms with Crippen LogP contribution in [0.5, 0.6) is 0 Å². The summed E-state index contributed by atoms with van der Waals surface area (Å²) in [7, 11) is -1.91. The summed E-state index contributed by atoms with van der Waals surface area (Å²) < 4.78 is 0. The second kappa shape index (κ2) is 3.32. The van der Waals surface area contributed by atoms with Crippen molar-refractivity contribution in [3.05, 3.63) is 35.9 Å². The van der Waals surface area contributed by atoms with Crippen LogP contribution in [-0.4, -0.2) is 22.8 Å². The average Bonchev–Trinajstić information content (AvgIpc) is 2.05. The predicted octanol–water partition coefficient (Wildman–Crippen LogP) is -0.119. The highest BCUT2D eigenvalue weighted by Gasteiger charge is 2.20. The van der Waals surface area contributed by atoms with Crippen LogP contribution in [0.1, 0.15) is 10.4 Å². The molecular weight excluding hydrogens is 143 g/mol. The van der Waals surface area contributed by atoms with E-state index in [1.54, 1.807) is 18.2 Å². The second-order valence-corrected chi connectivity index (χ2v) is 2.10. The van der Waals surface area contributed by atoms with Gasteiger partial charge >= 0.3 is 7.12 Å². The maximum Gasteiger partial charge on any atom is 0.532 e. The van der Waals surface area contributed by atoms with Crippen LogP contribution in [0.25, 0.3) is 0 Å². The fraction of sp³-hybridized carbons (Fsp3) is 0. The van der Waals surface area contributed by atoms with Gasteiger partial charge in [0.15, 0.2) is 5.68 Å². The zero-order valence-corrected chi connectivity index (χ0v) is 5.77. The SMILES string of the molecule is O=C(B(O)O)c1ccccc1. The van der Waals surface area contributed by atoms with Crippen LogP contribution in [-0.2, 0) is 0 Å². The van der Waals surface area contributed by atoms with Crippen molar-refractivity contribution in [1.29, 1.82) is 0 Å². The number of benzene rings is 1. The highest BCUT2D eigenvalue weighted by molar-refractivity contribution is 6.81. The van der Waals surface area contributed by atoms with E-state index < -0.39 is 12.8 Å². The zero-order valence-electron chi connectivity index (χ0n) is 5.77. The normalized spacial score (nSPS) is 9.27. The number of carbonyl (C=O) groups excluding carboxylic acids is 1. The van der Waals surface area contributed by atoms with Crippen molar-refractivity contribution in [3.63, 3.8) is 0 Å². The lowest BCUT2D eigenvalue weighted by Crippen LogP contribution is -2.25. The van der Waals surface area contributed by atoms with E-state index in [1.165, 1.54) is 12.1 Å².